The number of benzene rings is 3. The molecule has 4 amide bonds. The number of anilines is 1. The van der Waals surface area contributed by atoms with Crippen molar-refractivity contribution >= 4 is 40.5 Å². The number of imide groups is 2. The highest BCUT2D eigenvalue weighted by Crippen LogP contribution is 2.28. The fourth-order valence-electron chi connectivity index (χ4n) is 4.21. The van der Waals surface area contributed by atoms with Crippen LogP contribution >= 0.6 is 0 Å². The number of nitrogens with zero attached hydrogens (tertiary/aromatic N) is 2. The molecule has 0 aliphatic carbocycles. The molecular weight excluding hydrogens is 442 g/mol. The largest absolute Gasteiger partial charge is 0.494 e. The van der Waals surface area contributed by atoms with E-state index < -0.39 is 17.8 Å². The highest BCUT2D eigenvalue weighted by Gasteiger charge is 2.37. The van der Waals surface area contributed by atoms with E-state index in [1.54, 1.807) is 30.3 Å². The van der Waals surface area contributed by atoms with E-state index in [0.29, 0.717) is 24.6 Å². The molecule has 7 heteroatoms. The summed E-state index contributed by atoms with van der Waals surface area (Å²) < 4.78 is 7.51. The van der Waals surface area contributed by atoms with Crippen LogP contribution in [0.3, 0.4) is 0 Å². The summed E-state index contributed by atoms with van der Waals surface area (Å²) in [6, 6.07) is 23.6. The van der Waals surface area contributed by atoms with Crippen molar-refractivity contribution in [1.29, 1.82) is 0 Å². The molecule has 0 unspecified atom stereocenters. The van der Waals surface area contributed by atoms with Crippen LogP contribution in [0, 0.1) is 0 Å². The lowest BCUT2D eigenvalue weighted by Crippen LogP contribution is -2.54. The molecule has 2 heterocycles. The summed E-state index contributed by atoms with van der Waals surface area (Å²) in [5.41, 5.74) is 3.07. The maximum atomic E-state index is 13.3. The Labute approximate surface area is 202 Å². The van der Waals surface area contributed by atoms with Crippen LogP contribution in [-0.2, 0) is 16.1 Å². The minimum Gasteiger partial charge on any atom is -0.494 e. The lowest BCUT2D eigenvalue weighted by Gasteiger charge is -2.26. The molecule has 1 aliphatic heterocycles. The molecule has 1 aromatic heterocycles. The lowest BCUT2D eigenvalue weighted by atomic mass is 10.1. The number of fused-ring (bicyclic) bond motifs is 1. The van der Waals surface area contributed by atoms with E-state index in [1.807, 2.05) is 67.7 Å². The van der Waals surface area contributed by atoms with Crippen LogP contribution < -0.4 is 15.0 Å². The van der Waals surface area contributed by atoms with Crippen molar-refractivity contribution in [1.82, 2.24) is 9.88 Å². The molecule has 5 rings (SSSR count). The van der Waals surface area contributed by atoms with Crippen molar-refractivity contribution < 1.29 is 19.1 Å². The Hall–Kier alpha value is -4.65. The van der Waals surface area contributed by atoms with Crippen molar-refractivity contribution in [2.45, 2.75) is 13.5 Å². The van der Waals surface area contributed by atoms with Gasteiger partial charge in [-0.3, -0.25) is 14.9 Å². The maximum Gasteiger partial charge on any atom is 0.335 e. The van der Waals surface area contributed by atoms with E-state index in [4.69, 9.17) is 4.74 Å². The Morgan fingerprint density at radius 1 is 0.886 bits per heavy atom. The molecule has 7 nitrogen and oxygen atoms in total. The van der Waals surface area contributed by atoms with Gasteiger partial charge in [0.05, 0.1) is 12.3 Å². The molecule has 0 radical (unpaired) electrons. The summed E-state index contributed by atoms with van der Waals surface area (Å²) >= 11 is 0. The number of nitrogens with one attached hydrogen (secondary N) is 1. The number of hydrogen-bond donors (Lipinski definition) is 1. The topological polar surface area (TPSA) is 80.6 Å². The van der Waals surface area contributed by atoms with Crippen LogP contribution in [0.4, 0.5) is 10.5 Å². The number of amides is 4. The van der Waals surface area contributed by atoms with Gasteiger partial charge in [-0.05, 0) is 48.9 Å². The molecule has 174 valence electrons. The number of barbiturate groups is 1. The first-order chi connectivity index (χ1) is 17.0. The maximum absolute atomic E-state index is 13.3. The minimum absolute atomic E-state index is 0.110. The van der Waals surface area contributed by atoms with Crippen molar-refractivity contribution in [3.8, 4) is 5.75 Å². The Kier molecular flexibility index (Phi) is 5.89. The summed E-state index contributed by atoms with van der Waals surface area (Å²) in [5, 5.41) is 3.19. The zero-order chi connectivity index (χ0) is 24.4. The van der Waals surface area contributed by atoms with Crippen LogP contribution in [0.15, 0.2) is 90.6 Å². The molecule has 1 aliphatic rings. The lowest BCUT2D eigenvalue weighted by molar-refractivity contribution is -0.122. The first-order valence-corrected chi connectivity index (χ1v) is 11.3. The Morgan fingerprint density at radius 2 is 1.60 bits per heavy atom. The van der Waals surface area contributed by atoms with E-state index in [9.17, 15) is 14.4 Å². The number of rotatable bonds is 6. The smallest absolute Gasteiger partial charge is 0.335 e. The number of urea groups is 1. The molecule has 1 N–H and O–H groups in total. The number of aromatic nitrogens is 1. The van der Waals surface area contributed by atoms with Gasteiger partial charge in [0.15, 0.2) is 0 Å². The van der Waals surface area contributed by atoms with Gasteiger partial charge in [-0.2, -0.15) is 0 Å². The van der Waals surface area contributed by atoms with Gasteiger partial charge in [0.25, 0.3) is 11.8 Å². The van der Waals surface area contributed by atoms with Crippen LogP contribution in [0.5, 0.6) is 5.75 Å². The second-order valence-electron chi connectivity index (χ2n) is 8.10. The van der Waals surface area contributed by atoms with E-state index in [-0.39, 0.29) is 5.57 Å². The zero-order valence-electron chi connectivity index (χ0n) is 19.1. The molecule has 1 saturated heterocycles. The molecule has 0 saturated carbocycles. The van der Waals surface area contributed by atoms with E-state index in [2.05, 4.69) is 9.88 Å². The molecule has 0 spiro atoms. The second-order valence-corrected chi connectivity index (χ2v) is 8.10. The SMILES string of the molecule is CCOc1ccc(N2C(=O)NC(=O)/C(=C/c3cn(Cc4ccccc4)c4ccccc34)C2=O)cc1. The van der Waals surface area contributed by atoms with Crippen LogP contribution in [0.1, 0.15) is 18.1 Å². The van der Waals surface area contributed by atoms with E-state index in [1.165, 1.54) is 0 Å². The summed E-state index contributed by atoms with van der Waals surface area (Å²) in [4.78, 5) is 39.5. The fraction of sp³-hybridized carbons (Fsp3) is 0.107. The number of hydrogen-bond acceptors (Lipinski definition) is 4. The van der Waals surface area contributed by atoms with Gasteiger partial charge >= 0.3 is 6.03 Å². The average molecular weight is 466 g/mol. The van der Waals surface area contributed by atoms with Crippen molar-refractivity contribution in [2.24, 2.45) is 0 Å². The predicted octanol–water partition coefficient (Wildman–Crippen LogP) is 4.75. The normalized spacial score (nSPS) is 15.1. The summed E-state index contributed by atoms with van der Waals surface area (Å²) in [6.45, 7) is 3.01. The fourth-order valence-corrected chi connectivity index (χ4v) is 4.21. The number of carbonyl (C=O) groups excluding carboxylic acids is 3. The van der Waals surface area contributed by atoms with Gasteiger partial charge in [0, 0.05) is 29.2 Å². The third-order valence-electron chi connectivity index (χ3n) is 5.82. The van der Waals surface area contributed by atoms with E-state index in [0.717, 1.165) is 26.9 Å². The first-order valence-electron chi connectivity index (χ1n) is 11.3. The average Bonchev–Trinajstić information content (AvgIpc) is 3.20. The summed E-state index contributed by atoms with van der Waals surface area (Å²) in [6.07, 6.45) is 3.47. The van der Waals surface area contributed by atoms with Gasteiger partial charge in [-0.1, -0.05) is 48.5 Å². The highest BCUT2D eigenvalue weighted by atomic mass is 16.5. The third kappa shape index (κ3) is 4.31. The zero-order valence-corrected chi connectivity index (χ0v) is 19.1. The van der Waals surface area contributed by atoms with Crippen LogP contribution in [0.2, 0.25) is 0 Å². The molecule has 1 fully saturated rings. The minimum atomic E-state index is -0.784. The monoisotopic (exact) mass is 465 g/mol. The first kappa shape index (κ1) is 22.2. The number of ether oxygens (including phenoxy) is 1. The molecule has 3 aromatic carbocycles. The van der Waals surface area contributed by atoms with Gasteiger partial charge in [-0.15, -0.1) is 0 Å². The van der Waals surface area contributed by atoms with Crippen molar-refractivity contribution in [2.75, 3.05) is 11.5 Å². The van der Waals surface area contributed by atoms with Crippen molar-refractivity contribution in [3.05, 3.63) is 102 Å². The van der Waals surface area contributed by atoms with Crippen molar-refractivity contribution in [3.63, 3.8) is 0 Å². The molecule has 0 atom stereocenters. The van der Waals surface area contributed by atoms with Gasteiger partial charge in [0.2, 0.25) is 0 Å². The molecule has 35 heavy (non-hydrogen) atoms. The number of carbonyl (C=O) groups is 3. The van der Waals surface area contributed by atoms with Gasteiger partial charge < -0.3 is 9.30 Å². The van der Waals surface area contributed by atoms with E-state index >= 15 is 0 Å². The Bertz CT molecular complexity index is 1450. The quantitative estimate of drug-likeness (QED) is 0.329. The summed E-state index contributed by atoms with van der Waals surface area (Å²) in [7, 11) is 0. The van der Waals surface area contributed by atoms with Crippen LogP contribution in [-0.4, -0.2) is 29.0 Å². The van der Waals surface area contributed by atoms with Gasteiger partial charge in [0.1, 0.15) is 11.3 Å². The second kappa shape index (κ2) is 9.30. The number of para-hydroxylation sites is 1. The summed E-state index contributed by atoms with van der Waals surface area (Å²) in [5.74, 6) is -0.774. The predicted molar refractivity (Wildman–Crippen MR) is 134 cm³/mol. The Balaban J connectivity index is 1.53. The molecule has 4 aromatic rings. The van der Waals surface area contributed by atoms with Crippen LogP contribution in [0.25, 0.3) is 17.0 Å². The molecular formula is C28H23N3O4. The standard InChI is InChI=1S/C28H23N3O4/c1-2-35-22-14-12-21(13-15-22)31-27(33)24(26(32)29-28(31)34)16-20-18-30(17-19-8-4-3-5-9-19)25-11-7-6-10-23(20)25/h3-16,18H,2,17H2,1H3,(H,29,32,34)/b24-16-. The highest BCUT2D eigenvalue weighted by molar-refractivity contribution is 6.39. The Morgan fingerprint density at radius 3 is 2.34 bits per heavy atom. The van der Waals surface area contributed by atoms with Gasteiger partial charge in [-0.25, -0.2) is 9.69 Å². The third-order valence-corrected chi connectivity index (χ3v) is 5.82. The molecule has 0 bridgehead atoms.